The molecule has 1 aromatic rings. The number of hydroxylamine groups is 1. The zero-order chi connectivity index (χ0) is 9.10. The third-order valence-corrected chi connectivity index (χ3v) is 2.41. The molecule has 0 spiro atoms. The van der Waals surface area contributed by atoms with Crippen molar-refractivity contribution < 1.29 is 4.84 Å². The van der Waals surface area contributed by atoms with Gasteiger partial charge >= 0.3 is 0 Å². The molecule has 1 N–H and O–H groups in total. The van der Waals surface area contributed by atoms with Crippen LogP contribution in [-0.2, 0) is 6.42 Å². The highest BCUT2D eigenvalue weighted by Crippen LogP contribution is 2.20. The summed E-state index contributed by atoms with van der Waals surface area (Å²) in [6.45, 7) is 3.53. The molecule has 0 aliphatic carbocycles. The monoisotopic (exact) mass is 191 g/mol. The number of rotatable bonds is 0. The second-order valence-corrected chi connectivity index (χ2v) is 3.64. The van der Waals surface area contributed by atoms with E-state index in [4.69, 9.17) is 4.84 Å². The van der Waals surface area contributed by atoms with E-state index in [9.17, 15) is 0 Å². The number of para-hydroxylation sites is 1. The van der Waals surface area contributed by atoms with Gasteiger partial charge in [0.2, 0.25) is 0 Å². The van der Waals surface area contributed by atoms with Crippen LogP contribution in [0.3, 0.4) is 0 Å². The van der Waals surface area contributed by atoms with Gasteiger partial charge in [-0.05, 0) is 12.6 Å². The first-order valence-corrected chi connectivity index (χ1v) is 4.77. The zero-order valence-corrected chi connectivity index (χ0v) is 7.86. The van der Waals surface area contributed by atoms with Gasteiger partial charge in [-0.2, -0.15) is 0 Å². The SMILES string of the molecule is C=C=S=C1Cc2ccccc2ON1. The van der Waals surface area contributed by atoms with Crippen molar-refractivity contribution in [3.8, 4) is 5.75 Å². The molecular formula is C10H9NOS. The summed E-state index contributed by atoms with van der Waals surface area (Å²) >= 11 is 0. The molecule has 1 aromatic carbocycles. The summed E-state index contributed by atoms with van der Waals surface area (Å²) in [5.41, 5.74) is 4.05. The van der Waals surface area contributed by atoms with E-state index in [0.717, 1.165) is 17.2 Å². The van der Waals surface area contributed by atoms with E-state index in [1.807, 2.05) is 18.2 Å². The highest BCUT2D eigenvalue weighted by Gasteiger charge is 2.12. The molecule has 0 atom stereocenters. The molecule has 1 aliphatic rings. The highest BCUT2D eigenvalue weighted by atomic mass is 32.1. The number of nitrogens with one attached hydrogen (secondary N) is 1. The number of fused-ring (bicyclic) bond motifs is 1. The van der Waals surface area contributed by atoms with E-state index >= 15 is 0 Å². The molecule has 0 saturated carbocycles. The van der Waals surface area contributed by atoms with Crippen LogP contribution in [0.15, 0.2) is 30.8 Å². The third kappa shape index (κ3) is 1.73. The topological polar surface area (TPSA) is 21.3 Å². The lowest BCUT2D eigenvalue weighted by Crippen LogP contribution is -2.31. The molecule has 0 aromatic heterocycles. The van der Waals surface area contributed by atoms with Crippen LogP contribution in [0.5, 0.6) is 5.75 Å². The van der Waals surface area contributed by atoms with E-state index in [2.05, 4.69) is 23.1 Å². The quantitative estimate of drug-likeness (QED) is 0.629. The van der Waals surface area contributed by atoms with Crippen molar-refractivity contribution in [1.29, 1.82) is 0 Å². The maximum absolute atomic E-state index is 5.31. The molecule has 0 bridgehead atoms. The van der Waals surface area contributed by atoms with Crippen molar-refractivity contribution in [2.24, 2.45) is 0 Å². The van der Waals surface area contributed by atoms with Gasteiger partial charge in [-0.1, -0.05) is 34.2 Å². The average molecular weight is 191 g/mol. The van der Waals surface area contributed by atoms with E-state index in [1.165, 1.54) is 16.5 Å². The van der Waals surface area contributed by atoms with Crippen molar-refractivity contribution >= 4 is 21.0 Å². The van der Waals surface area contributed by atoms with Gasteiger partial charge in [-0.15, -0.1) is 5.48 Å². The van der Waals surface area contributed by atoms with Gasteiger partial charge in [0.1, 0.15) is 0 Å². The van der Waals surface area contributed by atoms with Gasteiger partial charge in [0.25, 0.3) is 0 Å². The van der Waals surface area contributed by atoms with Gasteiger partial charge in [0.15, 0.2) is 5.75 Å². The largest absolute Gasteiger partial charge is 0.403 e. The van der Waals surface area contributed by atoms with Crippen LogP contribution in [0.2, 0.25) is 0 Å². The Hall–Kier alpha value is -1.28. The minimum Gasteiger partial charge on any atom is -0.403 e. The van der Waals surface area contributed by atoms with Crippen LogP contribution in [-0.4, -0.2) is 10.0 Å². The normalized spacial score (nSPS) is 14.0. The first-order chi connectivity index (χ1) is 6.40. The fourth-order valence-electron chi connectivity index (χ4n) is 1.21. The Balaban J connectivity index is 2.40. The molecule has 0 unspecified atom stereocenters. The minimum absolute atomic E-state index is 0.864. The lowest BCUT2D eigenvalue weighted by molar-refractivity contribution is 0.252. The van der Waals surface area contributed by atoms with Crippen molar-refractivity contribution in [2.75, 3.05) is 0 Å². The van der Waals surface area contributed by atoms with Gasteiger partial charge in [-0.25, -0.2) is 0 Å². The van der Waals surface area contributed by atoms with Crippen LogP contribution in [0, 0.1) is 0 Å². The Kier molecular flexibility index (Phi) is 2.32. The Morgan fingerprint density at radius 2 is 2.31 bits per heavy atom. The Labute approximate surface area is 80.3 Å². The molecule has 1 aliphatic heterocycles. The first kappa shape index (κ1) is 8.32. The summed E-state index contributed by atoms with van der Waals surface area (Å²) in [6, 6.07) is 7.97. The first-order valence-electron chi connectivity index (χ1n) is 3.95. The van der Waals surface area contributed by atoms with Gasteiger partial charge in [0, 0.05) is 12.0 Å². The lowest BCUT2D eigenvalue weighted by atomic mass is 10.1. The van der Waals surface area contributed by atoms with Crippen LogP contribution in [0.25, 0.3) is 0 Å². The Bertz CT molecular complexity index is 415. The summed E-state index contributed by atoms with van der Waals surface area (Å²) in [5, 5.41) is 2.76. The lowest BCUT2D eigenvalue weighted by Gasteiger charge is -2.17. The summed E-state index contributed by atoms with van der Waals surface area (Å²) in [5.74, 6) is 0.899. The summed E-state index contributed by atoms with van der Waals surface area (Å²) in [4.78, 5) is 6.33. The molecule has 66 valence electrons. The Morgan fingerprint density at radius 1 is 1.46 bits per heavy atom. The predicted octanol–water partition coefficient (Wildman–Crippen LogP) is 1.58. The molecule has 13 heavy (non-hydrogen) atoms. The van der Waals surface area contributed by atoms with Crippen LogP contribution in [0.4, 0.5) is 0 Å². The van der Waals surface area contributed by atoms with Crippen molar-refractivity contribution in [2.45, 2.75) is 6.42 Å². The molecule has 0 fully saturated rings. The van der Waals surface area contributed by atoms with Crippen molar-refractivity contribution in [3.63, 3.8) is 0 Å². The zero-order valence-electron chi connectivity index (χ0n) is 7.04. The smallest absolute Gasteiger partial charge is 0.151 e. The van der Waals surface area contributed by atoms with E-state index in [1.54, 1.807) is 0 Å². The molecule has 3 heteroatoms. The summed E-state index contributed by atoms with van der Waals surface area (Å²) in [6.07, 6.45) is 0.864. The second kappa shape index (κ2) is 3.62. The third-order valence-electron chi connectivity index (χ3n) is 1.79. The van der Waals surface area contributed by atoms with E-state index in [0.29, 0.717) is 0 Å². The predicted molar refractivity (Wildman–Crippen MR) is 57.1 cm³/mol. The van der Waals surface area contributed by atoms with Crippen molar-refractivity contribution in [3.05, 3.63) is 36.4 Å². The van der Waals surface area contributed by atoms with Crippen LogP contribution >= 0.6 is 10.9 Å². The fourth-order valence-corrected chi connectivity index (χ4v) is 1.70. The minimum atomic E-state index is 0.864. The number of hydrogen-bond acceptors (Lipinski definition) is 1. The summed E-state index contributed by atoms with van der Waals surface area (Å²) in [7, 11) is 1.44. The van der Waals surface area contributed by atoms with Crippen LogP contribution in [0.1, 0.15) is 5.56 Å². The average Bonchev–Trinajstić information content (AvgIpc) is 2.18. The van der Waals surface area contributed by atoms with Gasteiger partial charge in [-0.3, -0.25) is 0 Å². The second-order valence-electron chi connectivity index (χ2n) is 2.66. The fraction of sp³-hybridized carbons (Fsp3) is 0.100. The summed E-state index contributed by atoms with van der Waals surface area (Å²) < 4.78 is 0. The molecule has 2 rings (SSSR count). The molecule has 0 amide bonds. The maximum Gasteiger partial charge on any atom is 0.151 e. The van der Waals surface area contributed by atoms with Gasteiger partial charge in [0.05, 0.1) is 4.99 Å². The molecular weight excluding hydrogens is 182 g/mol. The maximum atomic E-state index is 5.31. The molecule has 2 nitrogen and oxygen atoms in total. The van der Waals surface area contributed by atoms with Crippen molar-refractivity contribution in [1.82, 2.24) is 5.48 Å². The van der Waals surface area contributed by atoms with Crippen LogP contribution < -0.4 is 10.3 Å². The highest BCUT2D eigenvalue weighted by molar-refractivity contribution is 7.96. The number of hydrogen-bond donors (Lipinski definition) is 1. The Morgan fingerprint density at radius 3 is 3.15 bits per heavy atom. The molecule has 0 radical (unpaired) electrons. The number of benzene rings is 1. The molecule has 1 heterocycles. The van der Waals surface area contributed by atoms with E-state index < -0.39 is 0 Å². The standard InChI is InChI=1S/C10H9NOS/c1-2-13-10-7-8-5-3-4-6-9(8)12-11-10/h3-6,11H,1,7H2. The molecule has 0 saturated heterocycles. The van der Waals surface area contributed by atoms with E-state index in [-0.39, 0.29) is 0 Å². The van der Waals surface area contributed by atoms with Gasteiger partial charge < -0.3 is 4.84 Å².